The normalized spacial score (nSPS) is 13.8. The third-order valence-corrected chi connectivity index (χ3v) is 3.37. The number of carbonyl (C=O) groups is 2. The van der Waals surface area contributed by atoms with Crippen LogP contribution in [0.25, 0.3) is 0 Å². The van der Waals surface area contributed by atoms with E-state index in [9.17, 15) is 9.59 Å². The Bertz CT molecular complexity index is 680. The van der Waals surface area contributed by atoms with Crippen LogP contribution in [-0.2, 0) is 0 Å². The Labute approximate surface area is 117 Å². The van der Waals surface area contributed by atoms with Crippen molar-refractivity contribution in [3.05, 3.63) is 52.3 Å². The fourth-order valence-electron chi connectivity index (χ4n) is 2.01. The van der Waals surface area contributed by atoms with Gasteiger partial charge in [0.25, 0.3) is 11.8 Å². The molecule has 0 saturated heterocycles. The number of benzene rings is 1. The molecule has 3 rings (SSSR count). The van der Waals surface area contributed by atoms with Crippen molar-refractivity contribution < 1.29 is 9.59 Å². The van der Waals surface area contributed by atoms with Crippen molar-refractivity contribution in [1.82, 2.24) is 4.98 Å². The van der Waals surface area contributed by atoms with Crippen molar-refractivity contribution in [2.75, 3.05) is 10.6 Å². The number of hydrogen-bond acceptors (Lipinski definition) is 4. The molecule has 1 aromatic heterocycles. The average Bonchev–Trinajstić information content (AvgIpc) is 2.64. The molecule has 94 valence electrons. The van der Waals surface area contributed by atoms with Crippen molar-refractivity contribution in [2.45, 2.75) is 0 Å². The van der Waals surface area contributed by atoms with E-state index in [4.69, 9.17) is 5.73 Å². The number of fused-ring (bicyclic) bond motifs is 1. The standard InChI is InChI=1S/C13H8BrN3O2/c14-7-3-4-10(9(15)6-7)17-12(18)8-2-1-5-16-11(8)13(17)19/h1-6H,15H2. The van der Waals surface area contributed by atoms with Crippen LogP contribution in [0.5, 0.6) is 0 Å². The lowest BCUT2D eigenvalue weighted by molar-refractivity contribution is 0.0925. The maximum Gasteiger partial charge on any atom is 0.284 e. The van der Waals surface area contributed by atoms with Crippen LogP contribution < -0.4 is 10.6 Å². The molecule has 1 aliphatic heterocycles. The van der Waals surface area contributed by atoms with Gasteiger partial charge in [-0.3, -0.25) is 14.6 Å². The molecule has 0 saturated carbocycles. The van der Waals surface area contributed by atoms with Gasteiger partial charge in [0.1, 0.15) is 5.69 Å². The molecule has 0 spiro atoms. The molecule has 2 N–H and O–H groups in total. The van der Waals surface area contributed by atoms with Gasteiger partial charge in [-0.25, -0.2) is 4.90 Å². The van der Waals surface area contributed by atoms with E-state index < -0.39 is 11.8 Å². The number of nitrogens with zero attached hydrogens (tertiary/aromatic N) is 2. The van der Waals surface area contributed by atoms with Crippen molar-refractivity contribution >= 4 is 39.1 Å². The summed E-state index contributed by atoms with van der Waals surface area (Å²) in [5.74, 6) is -0.850. The molecule has 2 heterocycles. The highest BCUT2D eigenvalue weighted by Gasteiger charge is 2.38. The van der Waals surface area contributed by atoms with Gasteiger partial charge in [-0.15, -0.1) is 0 Å². The zero-order valence-corrected chi connectivity index (χ0v) is 11.2. The van der Waals surface area contributed by atoms with Gasteiger partial charge in [0, 0.05) is 10.7 Å². The van der Waals surface area contributed by atoms with E-state index in [2.05, 4.69) is 20.9 Å². The zero-order chi connectivity index (χ0) is 13.6. The number of pyridine rings is 1. The average molecular weight is 318 g/mol. The maximum absolute atomic E-state index is 12.2. The van der Waals surface area contributed by atoms with Gasteiger partial charge in [0.2, 0.25) is 0 Å². The molecule has 0 atom stereocenters. The number of imide groups is 1. The lowest BCUT2D eigenvalue weighted by Crippen LogP contribution is -2.30. The molecule has 1 aromatic carbocycles. The van der Waals surface area contributed by atoms with Crippen LogP contribution in [-0.4, -0.2) is 16.8 Å². The lowest BCUT2D eigenvalue weighted by atomic mass is 10.2. The highest BCUT2D eigenvalue weighted by Crippen LogP contribution is 2.32. The number of hydrogen-bond donors (Lipinski definition) is 1. The summed E-state index contributed by atoms with van der Waals surface area (Å²) in [6.07, 6.45) is 1.48. The highest BCUT2D eigenvalue weighted by atomic mass is 79.9. The number of halogens is 1. The van der Waals surface area contributed by atoms with Crippen LogP contribution in [0, 0.1) is 0 Å². The van der Waals surface area contributed by atoms with Crippen LogP contribution in [0.2, 0.25) is 0 Å². The zero-order valence-electron chi connectivity index (χ0n) is 9.63. The van der Waals surface area contributed by atoms with Crippen LogP contribution in [0.4, 0.5) is 11.4 Å². The second kappa shape index (κ2) is 4.17. The molecular formula is C13H8BrN3O2. The first-order valence-electron chi connectivity index (χ1n) is 5.48. The minimum atomic E-state index is -0.449. The fourth-order valence-corrected chi connectivity index (χ4v) is 2.39. The minimum Gasteiger partial charge on any atom is -0.397 e. The van der Waals surface area contributed by atoms with E-state index in [0.29, 0.717) is 16.9 Å². The SMILES string of the molecule is Nc1cc(Br)ccc1N1C(=O)c2cccnc2C1=O. The second-order valence-corrected chi connectivity index (χ2v) is 4.96. The molecule has 0 aliphatic carbocycles. The third-order valence-electron chi connectivity index (χ3n) is 2.88. The van der Waals surface area contributed by atoms with Crippen LogP contribution in [0.1, 0.15) is 20.8 Å². The molecule has 2 amide bonds. The Balaban J connectivity index is 2.14. The van der Waals surface area contributed by atoms with E-state index in [1.54, 1.807) is 30.3 Å². The largest absolute Gasteiger partial charge is 0.397 e. The summed E-state index contributed by atoms with van der Waals surface area (Å²) in [7, 11) is 0. The van der Waals surface area contributed by atoms with Crippen LogP contribution in [0.3, 0.4) is 0 Å². The first-order valence-corrected chi connectivity index (χ1v) is 6.27. The number of nitrogens with two attached hydrogens (primary N) is 1. The number of carbonyl (C=O) groups excluding carboxylic acids is 2. The summed E-state index contributed by atoms with van der Waals surface area (Å²) in [6, 6.07) is 8.20. The van der Waals surface area contributed by atoms with Crippen molar-refractivity contribution in [3.8, 4) is 0 Å². The monoisotopic (exact) mass is 317 g/mol. The van der Waals surface area contributed by atoms with Crippen LogP contribution >= 0.6 is 15.9 Å². The molecule has 19 heavy (non-hydrogen) atoms. The maximum atomic E-state index is 12.2. The molecule has 0 unspecified atom stereocenters. The molecule has 2 aromatic rings. The van der Waals surface area contributed by atoms with E-state index in [1.807, 2.05) is 0 Å². The topological polar surface area (TPSA) is 76.3 Å². The Kier molecular flexibility index (Phi) is 2.60. The molecule has 6 heteroatoms. The molecule has 5 nitrogen and oxygen atoms in total. The molecule has 0 bridgehead atoms. The number of rotatable bonds is 1. The Morgan fingerprint density at radius 2 is 1.95 bits per heavy atom. The summed E-state index contributed by atoms with van der Waals surface area (Å²) >= 11 is 3.28. The first kappa shape index (κ1) is 11.9. The highest BCUT2D eigenvalue weighted by molar-refractivity contribution is 9.10. The third kappa shape index (κ3) is 1.72. The van der Waals surface area contributed by atoms with Gasteiger partial charge in [-0.2, -0.15) is 0 Å². The van der Waals surface area contributed by atoms with Gasteiger partial charge in [-0.05, 0) is 30.3 Å². The van der Waals surface area contributed by atoms with Crippen molar-refractivity contribution in [2.24, 2.45) is 0 Å². The molecular weight excluding hydrogens is 310 g/mol. The lowest BCUT2D eigenvalue weighted by Gasteiger charge is -2.15. The van der Waals surface area contributed by atoms with E-state index >= 15 is 0 Å². The Hall–Kier alpha value is -2.21. The summed E-state index contributed by atoms with van der Waals surface area (Å²) in [4.78, 5) is 29.5. The number of nitrogen functional groups attached to an aromatic ring is 1. The predicted octanol–water partition coefficient (Wildman–Crippen LogP) is 2.23. The van der Waals surface area contributed by atoms with Gasteiger partial charge in [0.15, 0.2) is 0 Å². The summed E-state index contributed by atoms with van der Waals surface area (Å²) < 4.78 is 0.781. The van der Waals surface area contributed by atoms with Gasteiger partial charge >= 0.3 is 0 Å². The molecule has 0 fully saturated rings. The number of anilines is 2. The summed E-state index contributed by atoms with van der Waals surface area (Å²) in [5, 5.41) is 0. The Morgan fingerprint density at radius 1 is 1.16 bits per heavy atom. The second-order valence-electron chi connectivity index (χ2n) is 4.05. The van der Waals surface area contributed by atoms with Gasteiger partial charge < -0.3 is 5.73 Å². The minimum absolute atomic E-state index is 0.162. The van der Waals surface area contributed by atoms with E-state index in [0.717, 1.165) is 9.37 Å². The summed E-state index contributed by atoms with van der Waals surface area (Å²) in [5.41, 5.74) is 7.05. The van der Waals surface area contributed by atoms with Crippen molar-refractivity contribution in [1.29, 1.82) is 0 Å². The van der Waals surface area contributed by atoms with Gasteiger partial charge in [0.05, 0.1) is 16.9 Å². The first-order chi connectivity index (χ1) is 9.09. The molecule has 1 aliphatic rings. The quantitative estimate of drug-likeness (QED) is 0.646. The Morgan fingerprint density at radius 3 is 2.63 bits per heavy atom. The van der Waals surface area contributed by atoms with Crippen molar-refractivity contribution in [3.63, 3.8) is 0 Å². The van der Waals surface area contributed by atoms with E-state index in [-0.39, 0.29) is 5.69 Å². The smallest absolute Gasteiger partial charge is 0.284 e. The van der Waals surface area contributed by atoms with Gasteiger partial charge in [-0.1, -0.05) is 15.9 Å². The molecule has 0 radical (unpaired) electrons. The number of aromatic nitrogens is 1. The fraction of sp³-hybridized carbons (Fsp3) is 0. The predicted molar refractivity (Wildman–Crippen MR) is 73.9 cm³/mol. The number of amides is 2. The van der Waals surface area contributed by atoms with E-state index in [1.165, 1.54) is 6.20 Å². The van der Waals surface area contributed by atoms with Crippen LogP contribution in [0.15, 0.2) is 41.0 Å². The summed E-state index contributed by atoms with van der Waals surface area (Å²) in [6.45, 7) is 0.